The summed E-state index contributed by atoms with van der Waals surface area (Å²) >= 11 is 5.92. The second-order valence-corrected chi connectivity index (χ2v) is 5.31. The Morgan fingerprint density at radius 1 is 1.22 bits per heavy atom. The fourth-order valence-electron chi connectivity index (χ4n) is 2.19. The van der Waals surface area contributed by atoms with Gasteiger partial charge in [-0.25, -0.2) is 4.98 Å². The number of benzene rings is 1. The number of hydrogen-bond donors (Lipinski definition) is 1. The maximum Gasteiger partial charge on any atom is 0.184 e. The molecule has 3 aromatic rings. The van der Waals surface area contributed by atoms with Crippen molar-refractivity contribution >= 4 is 23.0 Å². The minimum atomic E-state index is 0.319. The molecule has 0 aliphatic rings. The van der Waals surface area contributed by atoms with Gasteiger partial charge in [0.15, 0.2) is 16.7 Å². The number of hydrogen-bond acceptors (Lipinski definition) is 6. The standard InChI is InChI=1S/C15H15ClN6O/c1-9-12(7-13(16)20-19-9)18-11-6-4-5-10(14(11)23-3)15-17-8-22(2)21-15/h4-8H,1-3H3,(H,18,20). The third kappa shape index (κ3) is 3.09. The second kappa shape index (κ2) is 6.21. The van der Waals surface area contributed by atoms with Crippen molar-refractivity contribution in [3.8, 4) is 17.1 Å². The summed E-state index contributed by atoms with van der Waals surface area (Å²) in [7, 11) is 3.43. The highest BCUT2D eigenvalue weighted by atomic mass is 35.5. The van der Waals surface area contributed by atoms with E-state index >= 15 is 0 Å². The molecule has 8 heteroatoms. The van der Waals surface area contributed by atoms with Crippen molar-refractivity contribution in [1.82, 2.24) is 25.0 Å². The molecule has 0 atom stereocenters. The largest absolute Gasteiger partial charge is 0.494 e. The monoisotopic (exact) mass is 330 g/mol. The molecule has 0 unspecified atom stereocenters. The van der Waals surface area contributed by atoms with Crippen LogP contribution >= 0.6 is 11.6 Å². The van der Waals surface area contributed by atoms with E-state index in [1.807, 2.05) is 32.2 Å². The van der Waals surface area contributed by atoms with E-state index in [4.69, 9.17) is 16.3 Å². The first-order valence-corrected chi connectivity index (χ1v) is 7.26. The third-order valence-electron chi connectivity index (χ3n) is 3.28. The molecular weight excluding hydrogens is 316 g/mol. The quantitative estimate of drug-likeness (QED) is 0.792. The van der Waals surface area contributed by atoms with E-state index in [0.717, 1.165) is 22.6 Å². The van der Waals surface area contributed by atoms with E-state index in [1.165, 1.54) is 0 Å². The number of para-hydroxylation sites is 1. The Labute approximate surface area is 138 Å². The average Bonchev–Trinajstić information content (AvgIpc) is 2.97. The second-order valence-electron chi connectivity index (χ2n) is 4.92. The maximum atomic E-state index is 5.92. The Kier molecular flexibility index (Phi) is 4.12. The normalized spacial score (nSPS) is 10.6. The van der Waals surface area contributed by atoms with Crippen LogP contribution < -0.4 is 10.1 Å². The summed E-state index contributed by atoms with van der Waals surface area (Å²) < 4.78 is 7.21. The highest BCUT2D eigenvalue weighted by Gasteiger charge is 2.15. The third-order valence-corrected chi connectivity index (χ3v) is 3.46. The molecule has 0 spiro atoms. The van der Waals surface area contributed by atoms with Gasteiger partial charge in [-0.3, -0.25) is 4.68 Å². The Balaban J connectivity index is 2.04. The summed E-state index contributed by atoms with van der Waals surface area (Å²) in [6.07, 6.45) is 1.64. The molecule has 0 bridgehead atoms. The Hall–Kier alpha value is -2.67. The van der Waals surface area contributed by atoms with Crippen LogP contribution in [0.25, 0.3) is 11.4 Å². The zero-order chi connectivity index (χ0) is 16.4. The van der Waals surface area contributed by atoms with Crippen molar-refractivity contribution in [2.45, 2.75) is 6.92 Å². The van der Waals surface area contributed by atoms with Gasteiger partial charge in [-0.05, 0) is 19.1 Å². The molecule has 2 aromatic heterocycles. The number of methoxy groups -OCH3 is 1. The van der Waals surface area contributed by atoms with Gasteiger partial charge in [0, 0.05) is 13.1 Å². The molecule has 0 aliphatic carbocycles. The van der Waals surface area contributed by atoms with E-state index in [1.54, 1.807) is 24.2 Å². The van der Waals surface area contributed by atoms with Crippen LogP contribution in [-0.2, 0) is 7.05 Å². The van der Waals surface area contributed by atoms with Crippen molar-refractivity contribution in [2.24, 2.45) is 7.05 Å². The summed E-state index contributed by atoms with van der Waals surface area (Å²) in [5.41, 5.74) is 3.06. The summed E-state index contributed by atoms with van der Waals surface area (Å²) in [5.74, 6) is 1.24. The van der Waals surface area contributed by atoms with Crippen LogP contribution in [0.15, 0.2) is 30.6 Å². The molecular formula is C15H15ClN6O. The zero-order valence-electron chi connectivity index (χ0n) is 12.9. The lowest BCUT2D eigenvalue weighted by molar-refractivity contribution is 0.418. The van der Waals surface area contributed by atoms with E-state index in [0.29, 0.717) is 16.7 Å². The lowest BCUT2D eigenvalue weighted by Gasteiger charge is -2.14. The number of ether oxygens (including phenoxy) is 1. The molecule has 0 fully saturated rings. The highest BCUT2D eigenvalue weighted by molar-refractivity contribution is 6.29. The van der Waals surface area contributed by atoms with Gasteiger partial charge in [0.25, 0.3) is 0 Å². The van der Waals surface area contributed by atoms with Crippen molar-refractivity contribution in [2.75, 3.05) is 12.4 Å². The van der Waals surface area contributed by atoms with Crippen LogP contribution in [0, 0.1) is 6.92 Å². The van der Waals surface area contributed by atoms with Gasteiger partial charge in [0.2, 0.25) is 0 Å². The minimum absolute atomic E-state index is 0.319. The van der Waals surface area contributed by atoms with Crippen LogP contribution in [0.4, 0.5) is 11.4 Å². The number of rotatable bonds is 4. The Bertz CT molecular complexity index is 848. The predicted octanol–water partition coefficient (Wildman–Crippen LogP) is 2.99. The number of nitrogens with zero attached hydrogens (tertiary/aromatic N) is 5. The summed E-state index contributed by atoms with van der Waals surface area (Å²) in [6, 6.07) is 7.43. The summed E-state index contributed by atoms with van der Waals surface area (Å²) in [5, 5.41) is 15.7. The van der Waals surface area contributed by atoms with Crippen molar-refractivity contribution in [1.29, 1.82) is 0 Å². The predicted molar refractivity (Wildman–Crippen MR) is 88.1 cm³/mol. The van der Waals surface area contributed by atoms with Crippen molar-refractivity contribution in [3.05, 3.63) is 41.4 Å². The molecule has 118 valence electrons. The van der Waals surface area contributed by atoms with E-state index in [-0.39, 0.29) is 0 Å². The smallest absolute Gasteiger partial charge is 0.184 e. The Morgan fingerprint density at radius 3 is 2.74 bits per heavy atom. The number of halogens is 1. The van der Waals surface area contributed by atoms with Crippen LogP contribution in [0.1, 0.15) is 5.69 Å². The van der Waals surface area contributed by atoms with Gasteiger partial charge in [-0.15, -0.1) is 5.10 Å². The minimum Gasteiger partial charge on any atom is -0.494 e. The topological polar surface area (TPSA) is 77.8 Å². The zero-order valence-corrected chi connectivity index (χ0v) is 13.7. The first-order chi connectivity index (χ1) is 11.1. The molecule has 23 heavy (non-hydrogen) atoms. The van der Waals surface area contributed by atoms with Gasteiger partial charge in [0.05, 0.1) is 29.7 Å². The molecule has 7 nitrogen and oxygen atoms in total. The van der Waals surface area contributed by atoms with Gasteiger partial charge < -0.3 is 10.1 Å². The van der Waals surface area contributed by atoms with Gasteiger partial charge in [-0.1, -0.05) is 17.7 Å². The molecule has 1 aromatic carbocycles. The van der Waals surface area contributed by atoms with Crippen LogP contribution in [-0.4, -0.2) is 32.1 Å². The fourth-order valence-corrected chi connectivity index (χ4v) is 2.34. The molecule has 0 amide bonds. The fraction of sp³-hybridized carbons (Fsp3) is 0.200. The van der Waals surface area contributed by atoms with Crippen molar-refractivity contribution < 1.29 is 4.74 Å². The molecule has 0 radical (unpaired) electrons. The maximum absolute atomic E-state index is 5.92. The van der Waals surface area contributed by atoms with E-state index < -0.39 is 0 Å². The van der Waals surface area contributed by atoms with Gasteiger partial charge >= 0.3 is 0 Å². The summed E-state index contributed by atoms with van der Waals surface area (Å²) in [6.45, 7) is 1.85. The number of nitrogens with one attached hydrogen (secondary N) is 1. The molecule has 2 heterocycles. The molecule has 1 N–H and O–H groups in total. The van der Waals surface area contributed by atoms with E-state index in [9.17, 15) is 0 Å². The van der Waals surface area contributed by atoms with Crippen LogP contribution in [0.5, 0.6) is 5.75 Å². The average molecular weight is 331 g/mol. The number of anilines is 2. The lowest BCUT2D eigenvalue weighted by atomic mass is 10.1. The van der Waals surface area contributed by atoms with Gasteiger partial charge in [-0.2, -0.15) is 10.2 Å². The Morgan fingerprint density at radius 2 is 2.04 bits per heavy atom. The number of aryl methyl sites for hydroxylation is 2. The van der Waals surface area contributed by atoms with Crippen LogP contribution in [0.3, 0.4) is 0 Å². The highest BCUT2D eigenvalue weighted by Crippen LogP contribution is 2.36. The van der Waals surface area contributed by atoms with Crippen LogP contribution in [0.2, 0.25) is 5.15 Å². The lowest BCUT2D eigenvalue weighted by Crippen LogP contribution is -2.01. The molecule has 3 rings (SSSR count). The molecule has 0 saturated carbocycles. The van der Waals surface area contributed by atoms with Gasteiger partial charge in [0.1, 0.15) is 6.33 Å². The first kappa shape index (κ1) is 15.2. The van der Waals surface area contributed by atoms with Crippen molar-refractivity contribution in [3.63, 3.8) is 0 Å². The SMILES string of the molecule is COc1c(Nc2cc(Cl)nnc2C)cccc1-c1ncn(C)n1. The number of aromatic nitrogens is 5. The van der Waals surface area contributed by atoms with E-state index in [2.05, 4.69) is 25.6 Å². The molecule has 0 aliphatic heterocycles. The first-order valence-electron chi connectivity index (χ1n) is 6.88. The molecule has 0 saturated heterocycles. The summed E-state index contributed by atoms with van der Waals surface area (Å²) in [4.78, 5) is 4.28.